The van der Waals surface area contributed by atoms with Gasteiger partial charge < -0.3 is 4.90 Å². The second-order valence-corrected chi connectivity index (χ2v) is 7.67. The van der Waals surface area contributed by atoms with E-state index in [9.17, 15) is 13.2 Å². The van der Waals surface area contributed by atoms with Crippen molar-refractivity contribution in [2.24, 2.45) is 0 Å². The molecule has 1 aliphatic rings. The van der Waals surface area contributed by atoms with Gasteiger partial charge in [0.05, 0.1) is 0 Å². The number of rotatable bonds is 3. The maximum atomic E-state index is 12.2. The molecule has 0 bridgehead atoms. The van der Waals surface area contributed by atoms with E-state index < -0.39 is 15.1 Å². The predicted octanol–water partition coefficient (Wildman–Crippen LogP) is 1.59. The normalized spacial score (nSPS) is 24.2. The van der Waals surface area contributed by atoms with E-state index in [-0.39, 0.29) is 11.9 Å². The van der Waals surface area contributed by atoms with Gasteiger partial charge in [-0.25, -0.2) is 8.42 Å². The Hall–Kier alpha value is -0.100. The molecule has 17 heavy (non-hydrogen) atoms. The molecule has 1 aliphatic heterocycles. The van der Waals surface area contributed by atoms with E-state index in [1.165, 1.54) is 6.92 Å². The average molecular weight is 326 g/mol. The molecule has 0 aromatic carbocycles. The molecule has 0 spiro atoms. The van der Waals surface area contributed by atoms with Gasteiger partial charge in [0.15, 0.2) is 9.84 Å². The number of nitrogens with zero attached hydrogens (tertiary/aromatic N) is 1. The summed E-state index contributed by atoms with van der Waals surface area (Å²) in [5.41, 5.74) is 0. The van der Waals surface area contributed by atoms with Gasteiger partial charge in [-0.05, 0) is 19.8 Å². The molecule has 2 atom stereocenters. The number of hydrogen-bond donors (Lipinski definition) is 0. The van der Waals surface area contributed by atoms with Crippen LogP contribution in [0.4, 0.5) is 0 Å². The third kappa shape index (κ3) is 3.95. The zero-order valence-corrected chi connectivity index (χ0v) is 12.8. The molecule has 0 saturated carbocycles. The maximum absolute atomic E-state index is 12.2. The summed E-state index contributed by atoms with van der Waals surface area (Å²) in [5, 5.41) is -0.211. The molecule has 1 saturated heterocycles. The van der Waals surface area contributed by atoms with E-state index in [0.29, 0.717) is 6.54 Å². The van der Waals surface area contributed by atoms with Crippen LogP contribution in [0.5, 0.6) is 0 Å². The summed E-state index contributed by atoms with van der Waals surface area (Å²) in [6.07, 6.45) is 5.25. The lowest BCUT2D eigenvalue weighted by Gasteiger charge is -2.30. The number of halogens is 1. The number of sulfone groups is 1. The van der Waals surface area contributed by atoms with Crippen LogP contribution in [0, 0.1) is 0 Å². The highest BCUT2D eigenvalue weighted by atomic mass is 79.9. The Morgan fingerprint density at radius 3 is 2.59 bits per heavy atom. The number of likely N-dealkylation sites (tertiary alicyclic amines) is 1. The molecule has 1 rings (SSSR count). The minimum atomic E-state index is -3.30. The predicted molar refractivity (Wildman–Crippen MR) is 72.1 cm³/mol. The standard InChI is InChI=1S/C11H20BrNO3S/c1-9(17(2,15)16)11(14)13-7-5-3-4-6-10(13)8-12/h9-10H,3-8H2,1-2H3. The van der Waals surface area contributed by atoms with Crippen molar-refractivity contribution in [3.05, 3.63) is 0 Å². The second-order valence-electron chi connectivity index (χ2n) is 4.66. The van der Waals surface area contributed by atoms with Gasteiger partial charge in [0.25, 0.3) is 0 Å². The Kier molecular flexibility index (Phi) is 5.44. The monoisotopic (exact) mass is 325 g/mol. The van der Waals surface area contributed by atoms with Crippen molar-refractivity contribution in [1.82, 2.24) is 4.90 Å². The van der Waals surface area contributed by atoms with Crippen LogP contribution in [0.25, 0.3) is 0 Å². The third-order valence-corrected chi connectivity index (χ3v) is 5.56. The molecule has 0 radical (unpaired) electrons. The van der Waals surface area contributed by atoms with Crippen molar-refractivity contribution < 1.29 is 13.2 Å². The molecule has 1 fully saturated rings. The molecule has 100 valence electrons. The first-order chi connectivity index (χ1) is 7.88. The third-order valence-electron chi connectivity index (χ3n) is 3.33. The van der Waals surface area contributed by atoms with Gasteiger partial charge >= 0.3 is 0 Å². The zero-order chi connectivity index (χ0) is 13.1. The van der Waals surface area contributed by atoms with Gasteiger partial charge in [0.2, 0.25) is 5.91 Å². The van der Waals surface area contributed by atoms with Crippen LogP contribution >= 0.6 is 15.9 Å². The quantitative estimate of drug-likeness (QED) is 0.740. The molecule has 6 heteroatoms. The van der Waals surface area contributed by atoms with Gasteiger partial charge in [0.1, 0.15) is 5.25 Å². The molecule has 4 nitrogen and oxygen atoms in total. The van der Waals surface area contributed by atoms with Crippen LogP contribution in [0.1, 0.15) is 32.6 Å². The summed E-state index contributed by atoms with van der Waals surface area (Å²) in [6, 6.07) is 0.134. The van der Waals surface area contributed by atoms with Gasteiger partial charge in [-0.15, -0.1) is 0 Å². The Morgan fingerprint density at radius 1 is 1.41 bits per heavy atom. The van der Waals surface area contributed by atoms with E-state index in [0.717, 1.165) is 37.3 Å². The molecule has 0 aromatic rings. The van der Waals surface area contributed by atoms with Crippen LogP contribution in [0.15, 0.2) is 0 Å². The lowest BCUT2D eigenvalue weighted by atomic mass is 10.1. The Morgan fingerprint density at radius 2 is 2.06 bits per heavy atom. The first-order valence-corrected chi connectivity index (χ1v) is 9.01. The molecular formula is C11H20BrNO3S. The minimum Gasteiger partial charge on any atom is -0.338 e. The molecule has 1 heterocycles. The van der Waals surface area contributed by atoms with E-state index in [2.05, 4.69) is 15.9 Å². The fourth-order valence-corrected chi connectivity index (χ4v) is 3.22. The van der Waals surface area contributed by atoms with Crippen LogP contribution in [-0.4, -0.2) is 48.6 Å². The number of carbonyl (C=O) groups is 1. The van der Waals surface area contributed by atoms with Crippen molar-refractivity contribution in [1.29, 1.82) is 0 Å². The van der Waals surface area contributed by atoms with Gasteiger partial charge in [0, 0.05) is 24.2 Å². The van der Waals surface area contributed by atoms with E-state index in [1.54, 1.807) is 4.90 Å². The van der Waals surface area contributed by atoms with Crippen LogP contribution in [0.3, 0.4) is 0 Å². The van der Waals surface area contributed by atoms with Crippen molar-refractivity contribution in [3.63, 3.8) is 0 Å². The fourth-order valence-electron chi connectivity index (χ4n) is 2.04. The maximum Gasteiger partial charge on any atom is 0.240 e. The van der Waals surface area contributed by atoms with Gasteiger partial charge in [-0.3, -0.25) is 4.79 Å². The number of alkyl halides is 1. The first kappa shape index (κ1) is 15.0. The van der Waals surface area contributed by atoms with E-state index >= 15 is 0 Å². The van der Waals surface area contributed by atoms with Gasteiger partial charge in [-0.1, -0.05) is 28.8 Å². The summed E-state index contributed by atoms with van der Waals surface area (Å²) in [4.78, 5) is 13.9. The Labute approximate surface area is 112 Å². The summed E-state index contributed by atoms with van der Waals surface area (Å²) < 4.78 is 22.9. The molecule has 0 aliphatic carbocycles. The minimum absolute atomic E-state index is 0.134. The highest BCUT2D eigenvalue weighted by molar-refractivity contribution is 9.09. The molecule has 2 unspecified atom stereocenters. The smallest absolute Gasteiger partial charge is 0.240 e. The SMILES string of the molecule is CC(C(=O)N1CCCCCC1CBr)S(C)(=O)=O. The van der Waals surface area contributed by atoms with Crippen molar-refractivity contribution in [2.45, 2.75) is 43.9 Å². The number of amides is 1. The molecule has 0 N–H and O–H groups in total. The number of hydrogen-bond acceptors (Lipinski definition) is 3. The Bertz CT molecular complexity index is 369. The summed E-state index contributed by atoms with van der Waals surface area (Å²) in [6.45, 7) is 2.16. The fraction of sp³-hybridized carbons (Fsp3) is 0.909. The highest BCUT2D eigenvalue weighted by Crippen LogP contribution is 2.20. The van der Waals surface area contributed by atoms with Crippen LogP contribution in [-0.2, 0) is 14.6 Å². The zero-order valence-electron chi connectivity index (χ0n) is 10.4. The first-order valence-electron chi connectivity index (χ1n) is 5.93. The summed E-state index contributed by atoms with van der Waals surface area (Å²) in [5.74, 6) is -0.251. The summed E-state index contributed by atoms with van der Waals surface area (Å²) in [7, 11) is -3.30. The van der Waals surface area contributed by atoms with Crippen molar-refractivity contribution >= 4 is 31.7 Å². The Balaban J connectivity index is 2.84. The van der Waals surface area contributed by atoms with Crippen molar-refractivity contribution in [2.75, 3.05) is 18.1 Å². The van der Waals surface area contributed by atoms with Crippen molar-refractivity contribution in [3.8, 4) is 0 Å². The highest BCUT2D eigenvalue weighted by Gasteiger charge is 2.32. The van der Waals surface area contributed by atoms with Gasteiger partial charge in [-0.2, -0.15) is 0 Å². The van der Waals surface area contributed by atoms with Crippen LogP contribution < -0.4 is 0 Å². The summed E-state index contributed by atoms with van der Waals surface area (Å²) >= 11 is 3.41. The number of carbonyl (C=O) groups excluding carboxylic acids is 1. The molecular weight excluding hydrogens is 306 g/mol. The molecule has 1 amide bonds. The molecule has 0 aromatic heterocycles. The average Bonchev–Trinajstić information content (AvgIpc) is 2.50. The largest absolute Gasteiger partial charge is 0.338 e. The second kappa shape index (κ2) is 6.18. The van der Waals surface area contributed by atoms with Crippen LogP contribution in [0.2, 0.25) is 0 Å². The lowest BCUT2D eigenvalue weighted by molar-refractivity contribution is -0.132. The lowest BCUT2D eigenvalue weighted by Crippen LogP contribution is -2.47. The topological polar surface area (TPSA) is 54.5 Å². The van der Waals surface area contributed by atoms with E-state index in [1.807, 2.05) is 0 Å². The van der Waals surface area contributed by atoms with E-state index in [4.69, 9.17) is 0 Å².